The molecular weight excluding hydrogens is 214 g/mol. The summed E-state index contributed by atoms with van der Waals surface area (Å²) in [4.78, 5) is 11.5. The molecule has 1 aromatic rings. The van der Waals surface area contributed by atoms with Crippen LogP contribution in [0.5, 0.6) is 0 Å². The van der Waals surface area contributed by atoms with Crippen molar-refractivity contribution in [3.63, 3.8) is 0 Å². The van der Waals surface area contributed by atoms with Gasteiger partial charge in [-0.25, -0.2) is 0 Å². The molecule has 0 radical (unpaired) electrons. The van der Waals surface area contributed by atoms with E-state index in [1.165, 1.54) is 12.7 Å². The van der Waals surface area contributed by atoms with Gasteiger partial charge < -0.3 is 10.1 Å². The maximum Gasteiger partial charge on any atom is 0.312 e. The van der Waals surface area contributed by atoms with Gasteiger partial charge in [0.25, 0.3) is 0 Å². The largest absolute Gasteiger partial charge is 0.469 e. The highest BCUT2D eigenvalue weighted by atomic mass is 16.5. The van der Waals surface area contributed by atoms with E-state index in [1.54, 1.807) is 0 Å². The van der Waals surface area contributed by atoms with Crippen LogP contribution in [0.15, 0.2) is 30.3 Å². The van der Waals surface area contributed by atoms with Gasteiger partial charge in [-0.3, -0.25) is 4.79 Å². The highest BCUT2D eigenvalue weighted by molar-refractivity contribution is 5.76. The molecule has 0 saturated carbocycles. The number of methoxy groups -OCH3 is 1. The SMILES string of the molecule is COC(=O)C(C)(C)CN[C@@H](C)c1ccccc1. The summed E-state index contributed by atoms with van der Waals surface area (Å²) >= 11 is 0. The van der Waals surface area contributed by atoms with E-state index >= 15 is 0 Å². The normalized spacial score (nSPS) is 13.2. The minimum absolute atomic E-state index is 0.190. The van der Waals surface area contributed by atoms with Gasteiger partial charge in [-0.15, -0.1) is 0 Å². The monoisotopic (exact) mass is 235 g/mol. The lowest BCUT2D eigenvalue weighted by Gasteiger charge is -2.24. The summed E-state index contributed by atoms with van der Waals surface area (Å²) < 4.78 is 4.77. The third kappa shape index (κ3) is 3.86. The molecule has 0 aromatic heterocycles. The predicted molar refractivity (Wildman–Crippen MR) is 68.7 cm³/mol. The molecular formula is C14H21NO2. The van der Waals surface area contributed by atoms with Crippen LogP contribution in [-0.4, -0.2) is 19.6 Å². The highest BCUT2D eigenvalue weighted by Crippen LogP contribution is 2.18. The number of rotatable bonds is 5. The van der Waals surface area contributed by atoms with Crippen LogP contribution in [-0.2, 0) is 9.53 Å². The second-order valence-electron chi connectivity index (χ2n) is 4.89. The van der Waals surface area contributed by atoms with E-state index in [9.17, 15) is 4.79 Å². The summed E-state index contributed by atoms with van der Waals surface area (Å²) in [6, 6.07) is 10.4. The molecule has 1 N–H and O–H groups in total. The molecule has 0 unspecified atom stereocenters. The molecule has 0 fully saturated rings. The van der Waals surface area contributed by atoms with E-state index in [4.69, 9.17) is 4.74 Å². The number of benzene rings is 1. The number of hydrogen-bond donors (Lipinski definition) is 1. The van der Waals surface area contributed by atoms with Crippen molar-refractivity contribution in [1.82, 2.24) is 5.32 Å². The average molecular weight is 235 g/mol. The number of ether oxygens (including phenoxy) is 1. The molecule has 0 spiro atoms. The fourth-order valence-electron chi connectivity index (χ4n) is 1.62. The van der Waals surface area contributed by atoms with Crippen molar-refractivity contribution in [2.45, 2.75) is 26.8 Å². The Morgan fingerprint density at radius 2 is 1.94 bits per heavy atom. The molecule has 0 aliphatic heterocycles. The van der Waals surface area contributed by atoms with Crippen molar-refractivity contribution < 1.29 is 9.53 Å². The first-order valence-electron chi connectivity index (χ1n) is 5.84. The van der Waals surface area contributed by atoms with Crippen molar-refractivity contribution >= 4 is 5.97 Å². The summed E-state index contributed by atoms with van der Waals surface area (Å²) in [7, 11) is 1.42. The molecule has 3 nitrogen and oxygen atoms in total. The van der Waals surface area contributed by atoms with Crippen LogP contribution in [0.3, 0.4) is 0 Å². The van der Waals surface area contributed by atoms with Crippen molar-refractivity contribution in [1.29, 1.82) is 0 Å². The number of hydrogen-bond acceptors (Lipinski definition) is 3. The van der Waals surface area contributed by atoms with Crippen LogP contribution in [0.1, 0.15) is 32.4 Å². The molecule has 94 valence electrons. The Morgan fingerprint density at radius 3 is 2.47 bits per heavy atom. The van der Waals surface area contributed by atoms with E-state index in [0.717, 1.165) is 0 Å². The number of esters is 1. The first-order valence-corrected chi connectivity index (χ1v) is 5.84. The fraction of sp³-hybridized carbons (Fsp3) is 0.500. The molecule has 0 bridgehead atoms. The zero-order valence-corrected chi connectivity index (χ0v) is 11.0. The summed E-state index contributed by atoms with van der Waals surface area (Å²) in [5.74, 6) is -0.190. The van der Waals surface area contributed by atoms with Gasteiger partial charge >= 0.3 is 5.97 Å². The third-order valence-corrected chi connectivity index (χ3v) is 2.89. The Kier molecular flexibility index (Phi) is 4.70. The van der Waals surface area contributed by atoms with E-state index in [1.807, 2.05) is 32.0 Å². The van der Waals surface area contributed by atoms with Gasteiger partial charge in [-0.1, -0.05) is 30.3 Å². The van der Waals surface area contributed by atoms with Gasteiger partial charge in [-0.05, 0) is 26.3 Å². The Hall–Kier alpha value is -1.35. The second kappa shape index (κ2) is 5.82. The molecule has 0 aliphatic carbocycles. The van der Waals surface area contributed by atoms with Crippen LogP contribution < -0.4 is 5.32 Å². The Labute approximate surface area is 103 Å². The number of carbonyl (C=O) groups excluding carboxylic acids is 1. The molecule has 1 atom stereocenters. The van der Waals surface area contributed by atoms with Gasteiger partial charge in [0.2, 0.25) is 0 Å². The molecule has 1 aromatic carbocycles. The molecule has 0 amide bonds. The van der Waals surface area contributed by atoms with E-state index in [0.29, 0.717) is 6.54 Å². The fourth-order valence-corrected chi connectivity index (χ4v) is 1.62. The Bertz CT molecular complexity index is 360. The van der Waals surface area contributed by atoms with Crippen molar-refractivity contribution in [3.05, 3.63) is 35.9 Å². The molecule has 3 heteroatoms. The standard InChI is InChI=1S/C14H21NO2/c1-11(12-8-6-5-7-9-12)15-10-14(2,3)13(16)17-4/h5-9,11,15H,10H2,1-4H3/t11-/m0/s1. The van der Waals surface area contributed by atoms with Crippen LogP contribution in [0.25, 0.3) is 0 Å². The van der Waals surface area contributed by atoms with Gasteiger partial charge in [0.15, 0.2) is 0 Å². The maximum absolute atomic E-state index is 11.5. The average Bonchev–Trinajstić information content (AvgIpc) is 2.36. The molecule has 1 rings (SSSR count). The first-order chi connectivity index (χ1) is 7.97. The van der Waals surface area contributed by atoms with Gasteiger partial charge in [-0.2, -0.15) is 0 Å². The van der Waals surface area contributed by atoms with Gasteiger partial charge in [0.05, 0.1) is 12.5 Å². The zero-order chi connectivity index (χ0) is 12.9. The second-order valence-corrected chi connectivity index (χ2v) is 4.89. The van der Waals surface area contributed by atoms with Crippen LogP contribution >= 0.6 is 0 Å². The number of carbonyl (C=O) groups is 1. The Balaban J connectivity index is 2.54. The smallest absolute Gasteiger partial charge is 0.312 e. The zero-order valence-electron chi connectivity index (χ0n) is 11.0. The lowest BCUT2D eigenvalue weighted by Crippen LogP contribution is -2.37. The lowest BCUT2D eigenvalue weighted by atomic mass is 9.93. The van der Waals surface area contributed by atoms with Crippen molar-refractivity contribution in [2.24, 2.45) is 5.41 Å². The van der Waals surface area contributed by atoms with Crippen LogP contribution in [0.4, 0.5) is 0 Å². The first kappa shape index (κ1) is 13.7. The van der Waals surface area contributed by atoms with Crippen LogP contribution in [0, 0.1) is 5.41 Å². The Morgan fingerprint density at radius 1 is 1.35 bits per heavy atom. The summed E-state index contributed by atoms with van der Waals surface area (Å²) in [6.45, 7) is 6.44. The molecule has 17 heavy (non-hydrogen) atoms. The quantitative estimate of drug-likeness (QED) is 0.797. The van der Waals surface area contributed by atoms with E-state index in [-0.39, 0.29) is 12.0 Å². The minimum atomic E-state index is -0.502. The highest BCUT2D eigenvalue weighted by Gasteiger charge is 2.28. The summed E-state index contributed by atoms with van der Waals surface area (Å²) in [5.41, 5.74) is 0.714. The minimum Gasteiger partial charge on any atom is -0.469 e. The maximum atomic E-state index is 11.5. The molecule has 0 saturated heterocycles. The van der Waals surface area contributed by atoms with Crippen molar-refractivity contribution in [2.75, 3.05) is 13.7 Å². The van der Waals surface area contributed by atoms with Gasteiger partial charge in [0, 0.05) is 12.6 Å². The van der Waals surface area contributed by atoms with Gasteiger partial charge in [0.1, 0.15) is 0 Å². The molecule has 0 aliphatic rings. The summed E-state index contributed by atoms with van der Waals surface area (Å²) in [5, 5.41) is 3.35. The third-order valence-electron chi connectivity index (χ3n) is 2.89. The van der Waals surface area contributed by atoms with Crippen molar-refractivity contribution in [3.8, 4) is 0 Å². The molecule has 0 heterocycles. The lowest BCUT2D eigenvalue weighted by molar-refractivity contribution is -0.150. The van der Waals surface area contributed by atoms with E-state index < -0.39 is 5.41 Å². The van der Waals surface area contributed by atoms with Crippen LogP contribution in [0.2, 0.25) is 0 Å². The summed E-state index contributed by atoms with van der Waals surface area (Å²) in [6.07, 6.45) is 0. The predicted octanol–water partition coefficient (Wildman–Crippen LogP) is 2.54. The van der Waals surface area contributed by atoms with E-state index in [2.05, 4.69) is 24.4 Å². The number of nitrogens with one attached hydrogen (secondary N) is 1. The topological polar surface area (TPSA) is 38.3 Å².